The number of carbonyl (C=O) groups is 4. The molecule has 1 amide bonds. The zero-order chi connectivity index (χ0) is 24.3. The predicted molar refractivity (Wildman–Crippen MR) is 129 cm³/mol. The smallest absolute Gasteiger partial charge is 0.408 e. The van der Waals surface area contributed by atoms with Gasteiger partial charge in [-0.15, -0.1) is 12.4 Å². The SMILES string of the molecule is C[C@H]1CN[C@H](C(=O)OCC(NC(=O)OCc2ccccc2)C(=O)OCC(=O)c2ccccc2)C1.Cl. The predicted octanol–water partition coefficient (Wildman–Crippen LogP) is 2.67. The second-order valence-corrected chi connectivity index (χ2v) is 8.09. The number of benzene rings is 2. The maximum Gasteiger partial charge on any atom is 0.408 e. The van der Waals surface area contributed by atoms with Gasteiger partial charge in [0, 0.05) is 5.56 Å². The van der Waals surface area contributed by atoms with E-state index in [0.29, 0.717) is 24.4 Å². The van der Waals surface area contributed by atoms with Gasteiger partial charge in [-0.2, -0.15) is 0 Å². The zero-order valence-corrected chi connectivity index (χ0v) is 20.1. The third kappa shape index (κ3) is 9.03. The van der Waals surface area contributed by atoms with E-state index in [1.165, 1.54) is 0 Å². The van der Waals surface area contributed by atoms with Gasteiger partial charge in [0.1, 0.15) is 19.3 Å². The average Bonchev–Trinajstić information content (AvgIpc) is 3.31. The monoisotopic (exact) mass is 504 g/mol. The van der Waals surface area contributed by atoms with Gasteiger partial charge in [0.2, 0.25) is 0 Å². The molecule has 9 nitrogen and oxygen atoms in total. The fraction of sp³-hybridized carbons (Fsp3) is 0.360. The van der Waals surface area contributed by atoms with Crippen molar-refractivity contribution in [3.05, 3.63) is 71.8 Å². The van der Waals surface area contributed by atoms with Crippen molar-refractivity contribution in [2.24, 2.45) is 5.92 Å². The molecule has 0 aromatic heterocycles. The van der Waals surface area contributed by atoms with E-state index in [1.54, 1.807) is 54.6 Å². The second kappa shape index (κ2) is 14.1. The summed E-state index contributed by atoms with van der Waals surface area (Å²) in [5.74, 6) is -1.52. The minimum Gasteiger partial charge on any atom is -0.462 e. The Bertz CT molecular complexity index is 988. The molecular formula is C25H29ClN2O7. The Hall–Kier alpha value is -3.43. The van der Waals surface area contributed by atoms with Crippen LogP contribution in [0.3, 0.4) is 0 Å². The van der Waals surface area contributed by atoms with Gasteiger partial charge < -0.3 is 24.8 Å². The highest BCUT2D eigenvalue weighted by Crippen LogP contribution is 2.14. The number of ether oxygens (including phenoxy) is 3. The van der Waals surface area contributed by atoms with Crippen LogP contribution >= 0.6 is 12.4 Å². The number of amides is 1. The summed E-state index contributed by atoms with van der Waals surface area (Å²) in [5, 5.41) is 5.41. The van der Waals surface area contributed by atoms with Crippen molar-refractivity contribution >= 4 is 36.2 Å². The molecule has 3 atom stereocenters. The maximum atomic E-state index is 12.6. The standard InChI is InChI=1S/C25H28N2O7.ClH/c1-17-12-20(26-13-17)23(29)32-15-21(27-25(31)34-14-18-8-4-2-5-9-18)24(30)33-16-22(28)19-10-6-3-7-11-19;/h2-11,17,20-21,26H,12-16H2,1H3,(H,27,31);1H/t17-,20+,21?;/m1./s1. The summed E-state index contributed by atoms with van der Waals surface area (Å²) < 4.78 is 15.5. The van der Waals surface area contributed by atoms with Crippen LogP contribution < -0.4 is 10.6 Å². The lowest BCUT2D eigenvalue weighted by Crippen LogP contribution is -2.47. The Balaban J connectivity index is 0.00000432. The second-order valence-electron chi connectivity index (χ2n) is 8.09. The highest BCUT2D eigenvalue weighted by atomic mass is 35.5. The third-order valence-electron chi connectivity index (χ3n) is 5.26. The molecule has 1 unspecified atom stereocenters. The van der Waals surface area contributed by atoms with E-state index in [4.69, 9.17) is 14.2 Å². The minimum absolute atomic E-state index is 0. The third-order valence-corrected chi connectivity index (χ3v) is 5.26. The van der Waals surface area contributed by atoms with Crippen molar-refractivity contribution in [2.75, 3.05) is 19.8 Å². The average molecular weight is 505 g/mol. The number of alkyl carbamates (subject to hydrolysis) is 1. The highest BCUT2D eigenvalue weighted by molar-refractivity contribution is 5.98. The lowest BCUT2D eigenvalue weighted by molar-refractivity contribution is -0.152. The molecule has 10 heteroatoms. The molecule has 0 aliphatic carbocycles. The van der Waals surface area contributed by atoms with Crippen LogP contribution in [-0.2, 0) is 30.4 Å². The molecule has 0 radical (unpaired) electrons. The van der Waals surface area contributed by atoms with Gasteiger partial charge in [0.25, 0.3) is 0 Å². The van der Waals surface area contributed by atoms with Gasteiger partial charge >= 0.3 is 18.0 Å². The lowest BCUT2D eigenvalue weighted by Gasteiger charge is -2.19. The number of rotatable bonds is 10. The molecule has 1 aliphatic rings. The number of nitrogens with one attached hydrogen (secondary N) is 2. The van der Waals surface area contributed by atoms with E-state index in [2.05, 4.69) is 10.6 Å². The van der Waals surface area contributed by atoms with Crippen molar-refractivity contribution in [1.29, 1.82) is 0 Å². The van der Waals surface area contributed by atoms with Gasteiger partial charge in [-0.3, -0.25) is 9.59 Å². The Labute approximate surface area is 209 Å². The number of carbonyl (C=O) groups excluding carboxylic acids is 4. The van der Waals surface area contributed by atoms with Crippen molar-refractivity contribution in [3.8, 4) is 0 Å². The molecule has 188 valence electrons. The first-order valence-electron chi connectivity index (χ1n) is 11.0. The van der Waals surface area contributed by atoms with Crippen LogP contribution in [-0.4, -0.2) is 55.7 Å². The Morgan fingerprint density at radius 3 is 2.26 bits per heavy atom. The topological polar surface area (TPSA) is 120 Å². The number of hydrogen-bond acceptors (Lipinski definition) is 8. The lowest BCUT2D eigenvalue weighted by atomic mass is 10.1. The van der Waals surface area contributed by atoms with E-state index < -0.39 is 49.1 Å². The van der Waals surface area contributed by atoms with Crippen LogP contribution in [0.1, 0.15) is 29.3 Å². The van der Waals surface area contributed by atoms with Crippen LogP contribution in [0.2, 0.25) is 0 Å². The fourth-order valence-electron chi connectivity index (χ4n) is 3.38. The van der Waals surface area contributed by atoms with E-state index in [1.807, 2.05) is 13.0 Å². The van der Waals surface area contributed by atoms with Crippen molar-refractivity contribution in [1.82, 2.24) is 10.6 Å². The molecule has 1 aliphatic heterocycles. The zero-order valence-electron chi connectivity index (χ0n) is 19.3. The highest BCUT2D eigenvalue weighted by Gasteiger charge is 2.31. The maximum absolute atomic E-state index is 12.6. The molecule has 2 aromatic rings. The largest absolute Gasteiger partial charge is 0.462 e. The summed E-state index contributed by atoms with van der Waals surface area (Å²) in [6.07, 6.45) is -0.268. The van der Waals surface area contributed by atoms with E-state index >= 15 is 0 Å². The van der Waals surface area contributed by atoms with Crippen molar-refractivity contribution < 1.29 is 33.4 Å². The van der Waals surface area contributed by atoms with Gasteiger partial charge in [-0.25, -0.2) is 9.59 Å². The molecule has 3 rings (SSSR count). The van der Waals surface area contributed by atoms with Crippen LogP contribution in [0.15, 0.2) is 60.7 Å². The van der Waals surface area contributed by atoms with Gasteiger partial charge in [-0.05, 0) is 24.4 Å². The first-order valence-corrected chi connectivity index (χ1v) is 11.0. The number of ketones is 1. The Morgan fingerprint density at radius 1 is 0.971 bits per heavy atom. The summed E-state index contributed by atoms with van der Waals surface area (Å²) in [7, 11) is 0. The summed E-state index contributed by atoms with van der Waals surface area (Å²) >= 11 is 0. The summed E-state index contributed by atoms with van der Waals surface area (Å²) in [4.78, 5) is 49.5. The van der Waals surface area contributed by atoms with Crippen molar-refractivity contribution in [2.45, 2.75) is 32.0 Å². The van der Waals surface area contributed by atoms with Crippen LogP contribution in [0.25, 0.3) is 0 Å². The molecule has 0 saturated carbocycles. The number of Topliss-reactive ketones (excluding diaryl/α,β-unsaturated/α-hetero) is 1. The first-order chi connectivity index (χ1) is 16.4. The van der Waals surface area contributed by atoms with Crippen molar-refractivity contribution in [3.63, 3.8) is 0 Å². The van der Waals surface area contributed by atoms with E-state index in [0.717, 1.165) is 5.56 Å². The molecule has 0 bridgehead atoms. The number of halogens is 1. The van der Waals surface area contributed by atoms with Crippen LogP contribution in [0.4, 0.5) is 4.79 Å². The normalized spacial score (nSPS) is 17.4. The van der Waals surface area contributed by atoms with E-state index in [9.17, 15) is 19.2 Å². The van der Waals surface area contributed by atoms with E-state index in [-0.39, 0.29) is 19.0 Å². The van der Waals surface area contributed by atoms with Gasteiger partial charge in [0.05, 0.1) is 0 Å². The van der Waals surface area contributed by atoms with Gasteiger partial charge in [-0.1, -0.05) is 67.6 Å². The summed E-state index contributed by atoms with van der Waals surface area (Å²) in [5.41, 5.74) is 1.15. The Kier molecular flexibility index (Phi) is 11.2. The molecule has 1 fully saturated rings. The Morgan fingerprint density at radius 2 is 1.63 bits per heavy atom. The summed E-state index contributed by atoms with van der Waals surface area (Å²) in [6, 6.07) is 15.5. The summed E-state index contributed by atoms with van der Waals surface area (Å²) in [6.45, 7) is 1.72. The van der Waals surface area contributed by atoms with Crippen LogP contribution in [0.5, 0.6) is 0 Å². The number of hydrogen-bond donors (Lipinski definition) is 2. The number of esters is 2. The van der Waals surface area contributed by atoms with Crippen LogP contribution in [0, 0.1) is 5.92 Å². The molecule has 0 spiro atoms. The first kappa shape index (κ1) is 27.8. The molecule has 35 heavy (non-hydrogen) atoms. The molecule has 1 heterocycles. The molecule has 2 N–H and O–H groups in total. The van der Waals surface area contributed by atoms with Gasteiger partial charge in [0.15, 0.2) is 18.4 Å². The quantitative estimate of drug-likeness (QED) is 0.288. The molecular weight excluding hydrogens is 476 g/mol. The minimum atomic E-state index is -1.34. The molecule has 1 saturated heterocycles. The molecule has 2 aromatic carbocycles. The fourth-order valence-corrected chi connectivity index (χ4v) is 3.38.